The Labute approximate surface area is 223 Å². The van der Waals surface area contributed by atoms with Gasteiger partial charge >= 0.3 is 14.5 Å². The fourth-order valence-corrected chi connectivity index (χ4v) is 4.94. The number of benzene rings is 1. The Morgan fingerprint density at radius 2 is 2.13 bits per heavy atom. The molecule has 3 unspecified atom stereocenters. The van der Waals surface area contributed by atoms with Gasteiger partial charge in [-0.1, -0.05) is 39.0 Å². The number of hydrogen-bond donors (Lipinski definition) is 2. The molecule has 0 spiro atoms. The van der Waals surface area contributed by atoms with Gasteiger partial charge in [0.15, 0.2) is 11.4 Å². The number of fused-ring (bicyclic) bond motifs is 1. The van der Waals surface area contributed by atoms with E-state index in [-0.39, 0.29) is 30.6 Å². The molecule has 38 heavy (non-hydrogen) atoms. The standard InChI is InChI=1S/C26H33N6O5P/c1-4-25(2,3)17-34-23(33)14-31-38(37-19-8-6-5-7-9-19)35-15-20-12-13-26(16-27,36-20)22-11-10-21-24(28)29-18-30-32(21)22/h5-11,18,20,31H,4,12-15,17H2,1-3H3,(H2,28,29,30). The van der Waals surface area contributed by atoms with E-state index in [4.69, 9.17) is 24.3 Å². The highest BCUT2D eigenvalue weighted by molar-refractivity contribution is 7.45. The van der Waals surface area contributed by atoms with Gasteiger partial charge in [0.05, 0.1) is 25.0 Å². The molecule has 12 heteroatoms. The number of nitriles is 1. The van der Waals surface area contributed by atoms with Gasteiger partial charge in [-0.25, -0.2) is 14.6 Å². The number of nitrogens with one attached hydrogen (secondary N) is 1. The number of aromatic nitrogens is 3. The minimum Gasteiger partial charge on any atom is -0.464 e. The molecule has 4 rings (SSSR count). The average Bonchev–Trinajstić information content (AvgIpc) is 3.56. The highest BCUT2D eigenvalue weighted by atomic mass is 31.2. The summed E-state index contributed by atoms with van der Waals surface area (Å²) in [6.07, 6.45) is 2.91. The Bertz CT molecular complexity index is 1280. The molecular formula is C26H33N6O5P. The van der Waals surface area contributed by atoms with Crippen LogP contribution in [0.3, 0.4) is 0 Å². The van der Waals surface area contributed by atoms with Gasteiger partial charge in [-0.2, -0.15) is 10.4 Å². The van der Waals surface area contributed by atoms with Crippen LogP contribution >= 0.6 is 8.53 Å². The van der Waals surface area contributed by atoms with Crippen LogP contribution in [0.25, 0.3) is 5.52 Å². The lowest BCUT2D eigenvalue weighted by Gasteiger charge is -2.24. The van der Waals surface area contributed by atoms with Crippen LogP contribution in [0.1, 0.15) is 45.7 Å². The first-order chi connectivity index (χ1) is 18.2. The number of ether oxygens (including phenoxy) is 2. The average molecular weight is 541 g/mol. The van der Waals surface area contributed by atoms with Gasteiger partial charge in [-0.05, 0) is 48.9 Å². The summed E-state index contributed by atoms with van der Waals surface area (Å²) in [5.41, 5.74) is 5.86. The van der Waals surface area contributed by atoms with Crippen LogP contribution in [-0.4, -0.2) is 46.4 Å². The molecule has 1 saturated heterocycles. The molecule has 0 bridgehead atoms. The molecule has 3 atom stereocenters. The zero-order chi connectivity index (χ0) is 27.2. The Kier molecular flexibility index (Phi) is 8.80. The molecule has 0 amide bonds. The summed E-state index contributed by atoms with van der Waals surface area (Å²) >= 11 is 0. The first kappa shape index (κ1) is 27.7. The molecule has 1 aromatic carbocycles. The van der Waals surface area contributed by atoms with E-state index in [0.717, 1.165) is 6.42 Å². The number of nitrogens with zero attached hydrogens (tertiary/aromatic N) is 4. The molecule has 3 N–H and O–H groups in total. The maximum atomic E-state index is 12.3. The fraction of sp³-hybridized carbons (Fsp3) is 0.462. The fourth-order valence-electron chi connectivity index (χ4n) is 3.86. The third-order valence-corrected chi connectivity index (χ3v) is 7.68. The van der Waals surface area contributed by atoms with Gasteiger partial charge in [0.2, 0.25) is 0 Å². The lowest BCUT2D eigenvalue weighted by Crippen LogP contribution is -2.29. The molecule has 11 nitrogen and oxygen atoms in total. The molecule has 1 aliphatic heterocycles. The molecular weight excluding hydrogens is 507 g/mol. The molecule has 1 fully saturated rings. The van der Waals surface area contributed by atoms with Gasteiger partial charge in [-0.3, -0.25) is 4.79 Å². The summed E-state index contributed by atoms with van der Waals surface area (Å²) in [6.45, 7) is 6.57. The van der Waals surface area contributed by atoms with Gasteiger partial charge in [-0.15, -0.1) is 0 Å². The second-order valence-electron chi connectivity index (χ2n) is 9.85. The largest absolute Gasteiger partial charge is 0.464 e. The van der Waals surface area contributed by atoms with E-state index in [1.54, 1.807) is 28.8 Å². The molecule has 0 saturated carbocycles. The van der Waals surface area contributed by atoms with Crippen LogP contribution in [0.15, 0.2) is 48.8 Å². The van der Waals surface area contributed by atoms with Gasteiger partial charge in [0.25, 0.3) is 0 Å². The van der Waals surface area contributed by atoms with Crippen molar-refractivity contribution in [1.29, 1.82) is 5.26 Å². The van der Waals surface area contributed by atoms with Crippen LogP contribution in [0.5, 0.6) is 5.75 Å². The normalized spacial score (nSPS) is 20.2. The monoisotopic (exact) mass is 540 g/mol. The predicted octanol–water partition coefficient (Wildman–Crippen LogP) is 4.10. The minimum absolute atomic E-state index is 0.0662. The number of para-hydroxylation sites is 1. The van der Waals surface area contributed by atoms with Gasteiger partial charge in [0.1, 0.15) is 30.2 Å². The summed E-state index contributed by atoms with van der Waals surface area (Å²) in [5, 5.41) is 17.4. The molecule has 2 aromatic heterocycles. The molecule has 3 heterocycles. The number of carbonyl (C=O) groups is 1. The minimum atomic E-state index is -1.70. The lowest BCUT2D eigenvalue weighted by atomic mass is 9.92. The van der Waals surface area contributed by atoms with E-state index in [9.17, 15) is 10.1 Å². The molecule has 202 valence electrons. The van der Waals surface area contributed by atoms with Crippen LogP contribution in [-0.2, 0) is 24.4 Å². The van der Waals surface area contributed by atoms with Crippen molar-refractivity contribution >= 4 is 25.8 Å². The van der Waals surface area contributed by atoms with E-state index >= 15 is 0 Å². The number of nitrogen functional groups attached to an aromatic ring is 1. The van der Waals surface area contributed by atoms with Crippen molar-refractivity contribution in [2.75, 3.05) is 25.5 Å². The van der Waals surface area contributed by atoms with E-state index < -0.39 is 14.1 Å². The summed E-state index contributed by atoms with van der Waals surface area (Å²) in [4.78, 5) is 16.3. The molecule has 0 radical (unpaired) electrons. The Morgan fingerprint density at radius 1 is 1.34 bits per heavy atom. The number of hydrogen-bond acceptors (Lipinski definition) is 10. The Balaban J connectivity index is 1.39. The van der Waals surface area contributed by atoms with Crippen molar-refractivity contribution in [1.82, 2.24) is 19.7 Å². The van der Waals surface area contributed by atoms with Crippen molar-refractivity contribution in [3.63, 3.8) is 0 Å². The Hall–Kier alpha value is -3.29. The van der Waals surface area contributed by atoms with E-state index in [1.807, 2.05) is 32.0 Å². The summed E-state index contributed by atoms with van der Waals surface area (Å²) in [6, 6.07) is 15.1. The number of carbonyl (C=O) groups excluding carboxylic acids is 1. The van der Waals surface area contributed by atoms with Crippen LogP contribution in [0.2, 0.25) is 0 Å². The zero-order valence-electron chi connectivity index (χ0n) is 21.8. The van der Waals surface area contributed by atoms with Crippen molar-refractivity contribution in [3.8, 4) is 11.8 Å². The second-order valence-corrected chi connectivity index (χ2v) is 11.1. The first-order valence-electron chi connectivity index (χ1n) is 12.5. The SMILES string of the molecule is CCC(C)(C)COC(=O)CNP(OCC1CCC(C#N)(c2ccc3c(N)ncnn23)O1)Oc1ccccc1. The third-order valence-electron chi connectivity index (χ3n) is 6.51. The van der Waals surface area contributed by atoms with E-state index in [0.29, 0.717) is 42.2 Å². The number of anilines is 1. The third kappa shape index (κ3) is 6.58. The first-order valence-corrected chi connectivity index (χ1v) is 13.7. The van der Waals surface area contributed by atoms with Crippen molar-refractivity contribution < 1.29 is 23.3 Å². The second kappa shape index (κ2) is 12.0. The molecule has 0 aliphatic carbocycles. The summed E-state index contributed by atoms with van der Waals surface area (Å²) < 4.78 is 25.3. The highest BCUT2D eigenvalue weighted by Crippen LogP contribution is 2.42. The van der Waals surface area contributed by atoms with Crippen LogP contribution in [0, 0.1) is 16.7 Å². The van der Waals surface area contributed by atoms with Crippen molar-refractivity contribution in [3.05, 3.63) is 54.5 Å². The molecule has 1 aliphatic rings. The highest BCUT2D eigenvalue weighted by Gasteiger charge is 2.45. The van der Waals surface area contributed by atoms with Crippen LogP contribution < -0.4 is 15.3 Å². The van der Waals surface area contributed by atoms with Crippen molar-refractivity contribution in [2.45, 2.75) is 51.7 Å². The smallest absolute Gasteiger partial charge is 0.320 e. The maximum absolute atomic E-state index is 12.3. The lowest BCUT2D eigenvalue weighted by molar-refractivity contribution is -0.145. The topological polar surface area (TPSA) is 146 Å². The summed E-state index contributed by atoms with van der Waals surface area (Å²) in [5.74, 6) is 0.535. The van der Waals surface area contributed by atoms with Gasteiger partial charge in [0, 0.05) is 0 Å². The van der Waals surface area contributed by atoms with Crippen LogP contribution in [0.4, 0.5) is 5.82 Å². The van der Waals surface area contributed by atoms with Crippen molar-refractivity contribution in [2.24, 2.45) is 5.41 Å². The Morgan fingerprint density at radius 3 is 2.87 bits per heavy atom. The number of nitrogens with two attached hydrogens (primary N) is 1. The van der Waals surface area contributed by atoms with E-state index in [2.05, 4.69) is 28.2 Å². The quantitative estimate of drug-likeness (QED) is 0.254. The predicted molar refractivity (Wildman–Crippen MR) is 142 cm³/mol. The maximum Gasteiger partial charge on any atom is 0.320 e. The van der Waals surface area contributed by atoms with E-state index in [1.165, 1.54) is 6.33 Å². The van der Waals surface area contributed by atoms with Gasteiger partial charge < -0.3 is 24.3 Å². The number of rotatable bonds is 12. The summed E-state index contributed by atoms with van der Waals surface area (Å²) in [7, 11) is -1.70. The number of esters is 1. The zero-order valence-corrected chi connectivity index (χ0v) is 22.7. The molecule has 3 aromatic rings.